The first-order valence-corrected chi connectivity index (χ1v) is 12.3. The molecule has 1 aliphatic heterocycles. The molecule has 0 bridgehead atoms. The third-order valence-corrected chi connectivity index (χ3v) is 6.38. The number of aliphatic hydroxyl groups is 1. The van der Waals surface area contributed by atoms with Gasteiger partial charge in [-0.05, 0) is 60.5 Å². The summed E-state index contributed by atoms with van der Waals surface area (Å²) in [5, 5.41) is 13.4. The number of rotatable bonds is 7. The second-order valence-electron chi connectivity index (χ2n) is 8.66. The number of aliphatic hydroxyl groups excluding tert-OH is 1. The lowest BCUT2D eigenvalue weighted by molar-refractivity contribution is -0.132. The molecule has 0 radical (unpaired) electrons. The Kier molecular flexibility index (Phi) is 6.64. The molecule has 4 aromatic rings. The molecule has 1 fully saturated rings. The fourth-order valence-corrected chi connectivity index (χ4v) is 4.71. The normalized spacial score (nSPS) is 16.8. The molecule has 5 rings (SSSR count). The Hall–Kier alpha value is -4.58. The Morgan fingerprint density at radius 2 is 1.49 bits per heavy atom. The predicted octanol–water partition coefficient (Wildman–Crippen LogP) is 6.26. The summed E-state index contributed by atoms with van der Waals surface area (Å²) in [5.41, 5.74) is 1.68. The molecule has 186 valence electrons. The van der Waals surface area contributed by atoms with Crippen molar-refractivity contribution in [2.45, 2.75) is 19.9 Å². The second-order valence-corrected chi connectivity index (χ2v) is 8.66. The highest BCUT2D eigenvalue weighted by molar-refractivity contribution is 6.51. The number of Topliss-reactive ketones (excluding diaryl/α,β-unsaturated/α-hetero) is 1. The van der Waals surface area contributed by atoms with E-state index in [1.54, 1.807) is 42.5 Å². The molecule has 1 N–H and O–H groups in total. The van der Waals surface area contributed by atoms with Crippen molar-refractivity contribution in [3.63, 3.8) is 0 Å². The molecule has 0 saturated carbocycles. The van der Waals surface area contributed by atoms with E-state index in [1.807, 2.05) is 62.4 Å². The minimum absolute atomic E-state index is 0.0336. The summed E-state index contributed by atoms with van der Waals surface area (Å²) in [7, 11) is 0. The monoisotopic (exact) mass is 493 g/mol. The van der Waals surface area contributed by atoms with E-state index >= 15 is 0 Å². The van der Waals surface area contributed by atoms with Gasteiger partial charge in [-0.2, -0.15) is 0 Å². The van der Waals surface area contributed by atoms with Gasteiger partial charge in [-0.1, -0.05) is 54.6 Å². The molecule has 0 spiro atoms. The Morgan fingerprint density at radius 1 is 0.784 bits per heavy atom. The Labute approximate surface area is 215 Å². The highest BCUT2D eigenvalue weighted by Crippen LogP contribution is 2.43. The molecule has 0 aliphatic carbocycles. The smallest absolute Gasteiger partial charge is 0.300 e. The van der Waals surface area contributed by atoms with Gasteiger partial charge in [-0.25, -0.2) is 0 Å². The standard InChI is InChI=1S/C31H27NO5/c1-3-36-25-16-14-21(15-17-25)28-27(29(33)23-13-12-20-8-5-6-9-22(20)18-23)30(34)31(35)32(28)24-10-7-11-26(19-24)37-4-2/h5-19,28,33H,3-4H2,1-2H3/b29-27-. The predicted molar refractivity (Wildman–Crippen MR) is 144 cm³/mol. The number of fused-ring (bicyclic) bond motifs is 1. The summed E-state index contributed by atoms with van der Waals surface area (Å²) in [6.07, 6.45) is 0. The maximum absolute atomic E-state index is 13.5. The maximum atomic E-state index is 13.5. The number of ether oxygens (including phenoxy) is 2. The molecule has 6 nitrogen and oxygen atoms in total. The van der Waals surface area contributed by atoms with E-state index in [0.717, 1.165) is 10.8 Å². The summed E-state index contributed by atoms with van der Waals surface area (Å²) in [4.78, 5) is 28.3. The van der Waals surface area contributed by atoms with Crippen molar-refractivity contribution in [3.05, 3.63) is 108 Å². The first-order chi connectivity index (χ1) is 18.0. The van der Waals surface area contributed by atoms with E-state index in [9.17, 15) is 14.7 Å². The summed E-state index contributed by atoms with van der Waals surface area (Å²) >= 11 is 0. The first-order valence-electron chi connectivity index (χ1n) is 12.3. The minimum Gasteiger partial charge on any atom is -0.507 e. The van der Waals surface area contributed by atoms with Gasteiger partial charge in [0.15, 0.2) is 0 Å². The SMILES string of the molecule is CCOc1ccc(C2/C(=C(/O)c3ccc4ccccc4c3)C(=O)C(=O)N2c2cccc(OCC)c2)cc1. The van der Waals surface area contributed by atoms with E-state index in [1.165, 1.54) is 4.90 Å². The van der Waals surface area contributed by atoms with Crippen molar-refractivity contribution < 1.29 is 24.2 Å². The van der Waals surface area contributed by atoms with Crippen molar-refractivity contribution in [2.24, 2.45) is 0 Å². The number of ketones is 1. The number of hydrogen-bond acceptors (Lipinski definition) is 5. The van der Waals surface area contributed by atoms with E-state index in [-0.39, 0.29) is 11.3 Å². The highest BCUT2D eigenvalue weighted by Gasteiger charge is 2.47. The van der Waals surface area contributed by atoms with Crippen molar-refractivity contribution in [2.75, 3.05) is 18.1 Å². The molecule has 1 unspecified atom stereocenters. The van der Waals surface area contributed by atoms with Crippen LogP contribution in [-0.2, 0) is 9.59 Å². The van der Waals surface area contributed by atoms with Crippen molar-refractivity contribution in [1.29, 1.82) is 0 Å². The van der Waals surface area contributed by atoms with Crippen LogP contribution >= 0.6 is 0 Å². The van der Waals surface area contributed by atoms with Gasteiger partial charge in [-0.3, -0.25) is 14.5 Å². The van der Waals surface area contributed by atoms with Gasteiger partial charge in [0.05, 0.1) is 24.8 Å². The lowest BCUT2D eigenvalue weighted by Crippen LogP contribution is -2.29. The molecule has 6 heteroatoms. The second kappa shape index (κ2) is 10.2. The average Bonchev–Trinajstić information content (AvgIpc) is 3.19. The summed E-state index contributed by atoms with van der Waals surface area (Å²) in [6, 6.07) is 26.7. The van der Waals surface area contributed by atoms with Gasteiger partial charge in [0.25, 0.3) is 11.7 Å². The van der Waals surface area contributed by atoms with Crippen LogP contribution in [0.4, 0.5) is 5.69 Å². The molecule has 1 atom stereocenters. The fourth-order valence-electron chi connectivity index (χ4n) is 4.71. The Morgan fingerprint density at radius 3 is 2.22 bits per heavy atom. The van der Waals surface area contributed by atoms with Crippen LogP contribution in [0.15, 0.2) is 96.6 Å². The highest BCUT2D eigenvalue weighted by atomic mass is 16.5. The van der Waals surface area contributed by atoms with Crippen LogP contribution in [-0.4, -0.2) is 30.0 Å². The Bertz CT molecular complexity index is 1510. The van der Waals surface area contributed by atoms with Gasteiger partial charge in [-0.15, -0.1) is 0 Å². The zero-order valence-corrected chi connectivity index (χ0v) is 20.7. The van der Waals surface area contributed by atoms with Crippen LogP contribution in [0.5, 0.6) is 11.5 Å². The van der Waals surface area contributed by atoms with Crippen LogP contribution in [0.1, 0.15) is 31.0 Å². The van der Waals surface area contributed by atoms with Gasteiger partial charge < -0.3 is 14.6 Å². The zero-order valence-electron chi connectivity index (χ0n) is 20.7. The topological polar surface area (TPSA) is 76.1 Å². The van der Waals surface area contributed by atoms with E-state index in [4.69, 9.17) is 9.47 Å². The van der Waals surface area contributed by atoms with Crippen LogP contribution in [0, 0.1) is 0 Å². The molecule has 1 saturated heterocycles. The number of benzene rings is 4. The van der Waals surface area contributed by atoms with Crippen LogP contribution in [0.2, 0.25) is 0 Å². The Balaban J connectivity index is 1.68. The number of nitrogens with zero attached hydrogens (tertiary/aromatic N) is 1. The molecule has 37 heavy (non-hydrogen) atoms. The van der Waals surface area contributed by atoms with Crippen molar-refractivity contribution in [3.8, 4) is 11.5 Å². The lowest BCUT2D eigenvalue weighted by atomic mass is 9.94. The van der Waals surface area contributed by atoms with Crippen molar-refractivity contribution >= 4 is 33.9 Å². The third kappa shape index (κ3) is 4.54. The van der Waals surface area contributed by atoms with Crippen LogP contribution < -0.4 is 14.4 Å². The summed E-state index contributed by atoms with van der Waals surface area (Å²) in [5.74, 6) is -0.411. The quantitative estimate of drug-likeness (QED) is 0.187. The molecule has 1 heterocycles. The number of carbonyl (C=O) groups excluding carboxylic acids is 2. The molecule has 1 amide bonds. The first kappa shape index (κ1) is 24.1. The van der Waals surface area contributed by atoms with E-state index < -0.39 is 17.7 Å². The number of amides is 1. The minimum atomic E-state index is -0.834. The molecular weight excluding hydrogens is 466 g/mol. The van der Waals surface area contributed by atoms with Gasteiger partial charge in [0.2, 0.25) is 0 Å². The van der Waals surface area contributed by atoms with Crippen molar-refractivity contribution in [1.82, 2.24) is 0 Å². The number of hydrogen-bond donors (Lipinski definition) is 1. The van der Waals surface area contributed by atoms with Gasteiger partial charge >= 0.3 is 0 Å². The van der Waals surface area contributed by atoms with Crippen LogP contribution in [0.3, 0.4) is 0 Å². The summed E-state index contributed by atoms with van der Waals surface area (Å²) in [6.45, 7) is 4.76. The van der Waals surface area contributed by atoms with Gasteiger partial charge in [0, 0.05) is 17.3 Å². The van der Waals surface area contributed by atoms with E-state index in [2.05, 4.69) is 0 Å². The molecule has 0 aromatic heterocycles. The molecular formula is C31H27NO5. The largest absolute Gasteiger partial charge is 0.507 e. The lowest BCUT2D eigenvalue weighted by Gasteiger charge is -2.26. The maximum Gasteiger partial charge on any atom is 0.300 e. The number of anilines is 1. The third-order valence-electron chi connectivity index (χ3n) is 6.38. The molecule has 1 aliphatic rings. The van der Waals surface area contributed by atoms with Gasteiger partial charge in [0.1, 0.15) is 17.3 Å². The summed E-state index contributed by atoms with van der Waals surface area (Å²) < 4.78 is 11.2. The zero-order chi connectivity index (χ0) is 25.9. The number of carbonyl (C=O) groups is 2. The molecule has 4 aromatic carbocycles. The average molecular weight is 494 g/mol. The fraction of sp³-hybridized carbons (Fsp3) is 0.161. The van der Waals surface area contributed by atoms with E-state index in [0.29, 0.717) is 41.5 Å². The van der Waals surface area contributed by atoms with Crippen LogP contribution in [0.25, 0.3) is 16.5 Å².